The van der Waals surface area contributed by atoms with E-state index in [9.17, 15) is 10.1 Å². The molecule has 27 heavy (non-hydrogen) atoms. The van der Waals surface area contributed by atoms with Crippen LogP contribution in [0.3, 0.4) is 0 Å². The molecule has 0 saturated heterocycles. The number of nitriles is 1. The number of hydrogen-bond acceptors (Lipinski definition) is 7. The highest BCUT2D eigenvalue weighted by molar-refractivity contribution is 9.10. The number of halogens is 1. The third-order valence-electron chi connectivity index (χ3n) is 3.62. The fourth-order valence-corrected chi connectivity index (χ4v) is 3.16. The van der Waals surface area contributed by atoms with Gasteiger partial charge in [-0.05, 0) is 59.8 Å². The fraction of sp³-hybridized carbons (Fsp3) is 0.333. The van der Waals surface area contributed by atoms with E-state index in [1.54, 1.807) is 12.5 Å². The maximum atomic E-state index is 12.6. The zero-order valence-corrected chi connectivity index (χ0v) is 17.7. The van der Waals surface area contributed by atoms with E-state index in [1.807, 2.05) is 31.2 Å². The topological polar surface area (TPSA) is 96.6 Å². The minimum Gasteiger partial charge on any atom is -0.470 e. The third kappa shape index (κ3) is 5.34. The molecule has 0 spiro atoms. The predicted octanol–water partition coefficient (Wildman–Crippen LogP) is 3.40. The first-order valence-corrected chi connectivity index (χ1v) is 9.96. The number of hydrogen-bond donors (Lipinski definition) is 1. The van der Waals surface area contributed by atoms with Crippen LogP contribution < -0.4 is 10.1 Å². The van der Waals surface area contributed by atoms with E-state index >= 15 is 0 Å². The van der Waals surface area contributed by atoms with E-state index in [1.165, 1.54) is 32.0 Å². The lowest BCUT2D eigenvalue weighted by molar-refractivity contribution is -0.125. The zero-order chi connectivity index (χ0) is 20.0. The Hall–Kier alpha value is -2.31. The molecule has 1 aromatic carbocycles. The molecule has 142 valence electrons. The Labute approximate surface area is 170 Å². The Morgan fingerprint density at radius 1 is 1.52 bits per heavy atom. The molecule has 2 unspecified atom stereocenters. The average molecular weight is 451 g/mol. The van der Waals surface area contributed by atoms with Crippen molar-refractivity contribution >= 4 is 50.7 Å². The van der Waals surface area contributed by atoms with Gasteiger partial charge in [-0.25, -0.2) is 0 Å². The summed E-state index contributed by atoms with van der Waals surface area (Å²) in [6, 6.07) is 7.58. The van der Waals surface area contributed by atoms with Crippen LogP contribution in [-0.2, 0) is 9.63 Å². The number of ether oxygens (including phenoxy) is 1. The molecule has 0 radical (unpaired) electrons. The Bertz CT molecular complexity index is 915. The van der Waals surface area contributed by atoms with Gasteiger partial charge in [-0.1, -0.05) is 5.16 Å². The molecule has 1 aromatic heterocycles. The number of aromatic nitrogens is 1. The number of pyridine rings is 1. The number of nitrogens with one attached hydrogen (secondary N) is 1. The average Bonchev–Trinajstić information content (AvgIpc) is 2.64. The number of aryl methyl sites for hydroxylation is 1. The molecule has 1 N–H and O–H groups in total. The van der Waals surface area contributed by atoms with E-state index in [4.69, 9.17) is 4.74 Å². The summed E-state index contributed by atoms with van der Waals surface area (Å²) in [6.07, 6.45) is 4.72. The van der Waals surface area contributed by atoms with Gasteiger partial charge in [0.25, 0.3) is 5.91 Å². The van der Waals surface area contributed by atoms with Crippen molar-refractivity contribution in [1.82, 2.24) is 10.3 Å². The normalized spacial score (nSPS) is 14.4. The van der Waals surface area contributed by atoms with E-state index in [-0.39, 0.29) is 0 Å². The molecular weight excluding hydrogens is 432 g/mol. The molecule has 1 heterocycles. The number of nitrogens with zero attached hydrogens (tertiary/aromatic N) is 3. The molecule has 1 amide bonds. The lowest BCUT2D eigenvalue weighted by Crippen LogP contribution is -2.50. The molecule has 2 aromatic rings. The van der Waals surface area contributed by atoms with E-state index in [0.717, 1.165) is 20.9 Å². The van der Waals surface area contributed by atoms with Crippen LogP contribution in [0.15, 0.2) is 34.0 Å². The number of thioether (sulfide) groups is 1. The van der Waals surface area contributed by atoms with Crippen LogP contribution in [0.4, 0.5) is 0 Å². The summed E-state index contributed by atoms with van der Waals surface area (Å²) in [5.74, 6) is 0.0952. The van der Waals surface area contributed by atoms with Crippen LogP contribution in [0.1, 0.15) is 12.5 Å². The van der Waals surface area contributed by atoms with Crippen molar-refractivity contribution in [3.8, 4) is 11.8 Å². The summed E-state index contributed by atoms with van der Waals surface area (Å²) in [5.41, 5.74) is -0.350. The monoisotopic (exact) mass is 450 g/mol. The largest absolute Gasteiger partial charge is 0.470 e. The SMILES string of the molecule is CO/N=C/C(C)(C#N)NC(=O)C(Oc1cc(C)c2ncc(Br)cc2c1)SC. The van der Waals surface area contributed by atoms with Crippen molar-refractivity contribution in [1.29, 1.82) is 5.26 Å². The summed E-state index contributed by atoms with van der Waals surface area (Å²) in [7, 11) is 1.36. The van der Waals surface area contributed by atoms with Gasteiger partial charge in [-0.2, -0.15) is 5.26 Å². The quantitative estimate of drug-likeness (QED) is 0.394. The number of oxime groups is 1. The number of rotatable bonds is 7. The standard InChI is InChI=1S/C18H19BrN4O3S/c1-11-5-14(7-12-6-13(19)8-21-15(11)12)26-17(27-4)16(24)23-18(2,9-20)10-22-25-3/h5-8,10,17H,1-4H3,(H,23,24)/b22-10+. The molecule has 0 bridgehead atoms. The second-order valence-electron chi connectivity index (χ2n) is 5.87. The number of carbonyl (C=O) groups is 1. The van der Waals surface area contributed by atoms with Crippen LogP contribution in [0.25, 0.3) is 10.9 Å². The lowest BCUT2D eigenvalue weighted by Gasteiger charge is -2.22. The molecule has 0 fully saturated rings. The maximum absolute atomic E-state index is 12.6. The van der Waals surface area contributed by atoms with Crippen LogP contribution in [0.5, 0.6) is 5.75 Å². The second kappa shape index (κ2) is 9.06. The molecule has 0 aliphatic carbocycles. The van der Waals surface area contributed by atoms with Crippen molar-refractivity contribution < 1.29 is 14.4 Å². The highest BCUT2D eigenvalue weighted by Gasteiger charge is 2.29. The van der Waals surface area contributed by atoms with Gasteiger partial charge in [-0.3, -0.25) is 9.78 Å². The lowest BCUT2D eigenvalue weighted by atomic mass is 10.1. The van der Waals surface area contributed by atoms with Gasteiger partial charge in [0.1, 0.15) is 12.9 Å². The van der Waals surface area contributed by atoms with Gasteiger partial charge in [0.2, 0.25) is 5.44 Å². The third-order valence-corrected chi connectivity index (χ3v) is 4.79. The van der Waals surface area contributed by atoms with Crippen molar-refractivity contribution in [3.05, 3.63) is 34.4 Å². The van der Waals surface area contributed by atoms with E-state index < -0.39 is 16.9 Å². The maximum Gasteiger partial charge on any atom is 0.273 e. The molecule has 0 aliphatic rings. The van der Waals surface area contributed by atoms with Crippen LogP contribution in [0.2, 0.25) is 0 Å². The summed E-state index contributed by atoms with van der Waals surface area (Å²) >= 11 is 4.62. The fourth-order valence-electron chi connectivity index (χ4n) is 2.33. The van der Waals surface area contributed by atoms with Gasteiger partial charge in [-0.15, -0.1) is 11.8 Å². The smallest absolute Gasteiger partial charge is 0.273 e. The Balaban J connectivity index is 2.23. The predicted molar refractivity (Wildman–Crippen MR) is 110 cm³/mol. The summed E-state index contributed by atoms with van der Waals surface area (Å²) in [6.45, 7) is 3.45. The Morgan fingerprint density at radius 2 is 2.26 bits per heavy atom. The summed E-state index contributed by atoms with van der Waals surface area (Å²) < 4.78 is 6.73. The first-order chi connectivity index (χ1) is 12.8. The van der Waals surface area contributed by atoms with Crippen molar-refractivity contribution in [2.75, 3.05) is 13.4 Å². The van der Waals surface area contributed by atoms with Crippen LogP contribution >= 0.6 is 27.7 Å². The van der Waals surface area contributed by atoms with E-state index in [0.29, 0.717) is 5.75 Å². The molecule has 2 rings (SSSR count). The van der Waals surface area contributed by atoms with Crippen molar-refractivity contribution in [2.45, 2.75) is 24.8 Å². The summed E-state index contributed by atoms with van der Waals surface area (Å²) in [4.78, 5) is 21.6. The molecular formula is C18H19BrN4O3S. The van der Waals surface area contributed by atoms with Gasteiger partial charge in [0, 0.05) is 16.1 Å². The Morgan fingerprint density at radius 3 is 2.89 bits per heavy atom. The highest BCUT2D eigenvalue weighted by atomic mass is 79.9. The molecule has 2 atom stereocenters. The number of amides is 1. The number of fused-ring (bicyclic) bond motifs is 1. The van der Waals surface area contributed by atoms with Gasteiger partial charge < -0.3 is 14.9 Å². The molecule has 0 saturated carbocycles. The number of benzene rings is 1. The second-order valence-corrected chi connectivity index (χ2v) is 7.69. The molecule has 9 heteroatoms. The minimum absolute atomic E-state index is 0.445. The van der Waals surface area contributed by atoms with Crippen LogP contribution in [-0.4, -0.2) is 41.4 Å². The first kappa shape index (κ1) is 21.0. The molecule has 0 aliphatic heterocycles. The zero-order valence-electron chi connectivity index (χ0n) is 15.3. The van der Waals surface area contributed by atoms with E-state index in [2.05, 4.69) is 36.2 Å². The summed E-state index contributed by atoms with van der Waals surface area (Å²) in [5, 5.41) is 16.4. The first-order valence-electron chi connectivity index (χ1n) is 7.88. The van der Waals surface area contributed by atoms with Gasteiger partial charge in [0.05, 0.1) is 17.8 Å². The van der Waals surface area contributed by atoms with Gasteiger partial charge >= 0.3 is 0 Å². The van der Waals surface area contributed by atoms with Crippen molar-refractivity contribution in [3.63, 3.8) is 0 Å². The van der Waals surface area contributed by atoms with Gasteiger partial charge in [0.15, 0.2) is 5.54 Å². The van der Waals surface area contributed by atoms with Crippen LogP contribution in [0, 0.1) is 18.3 Å². The highest BCUT2D eigenvalue weighted by Crippen LogP contribution is 2.27. The minimum atomic E-state index is -1.31. The molecule has 7 nitrogen and oxygen atoms in total. The number of carbonyl (C=O) groups excluding carboxylic acids is 1. The van der Waals surface area contributed by atoms with Crippen molar-refractivity contribution in [2.24, 2.45) is 5.16 Å². The Kier molecular flexibility index (Phi) is 7.05.